The van der Waals surface area contributed by atoms with Gasteiger partial charge in [-0.15, -0.1) is 0 Å². The molecule has 1 unspecified atom stereocenters. The van der Waals surface area contributed by atoms with E-state index in [-0.39, 0.29) is 23.7 Å². The highest BCUT2D eigenvalue weighted by molar-refractivity contribution is 5.86. The predicted molar refractivity (Wildman–Crippen MR) is 83.7 cm³/mol. The maximum absolute atomic E-state index is 12.3. The minimum Gasteiger partial charge on any atom is -0.458 e. The Kier molecular flexibility index (Phi) is 6.43. The molecular weight excluding hydrogens is 266 g/mol. The molecule has 1 N–H and O–H groups in total. The molecule has 4 nitrogen and oxygen atoms in total. The number of nitrogens with one attached hydrogen (secondary N) is 1. The topological polar surface area (TPSA) is 55.4 Å². The number of allylic oxidation sites excluding steroid dienone is 2. The summed E-state index contributed by atoms with van der Waals surface area (Å²) in [5.74, 6) is -0.334. The van der Waals surface area contributed by atoms with E-state index in [1.807, 2.05) is 40.7 Å². The van der Waals surface area contributed by atoms with Crippen molar-refractivity contribution in [2.45, 2.75) is 71.9 Å². The average molecular weight is 295 g/mol. The van der Waals surface area contributed by atoms with Crippen LogP contribution in [-0.2, 0) is 14.3 Å². The van der Waals surface area contributed by atoms with E-state index in [1.165, 1.54) is 0 Å². The van der Waals surface area contributed by atoms with Gasteiger partial charge >= 0.3 is 5.97 Å². The third kappa shape index (κ3) is 5.90. The second-order valence-corrected chi connectivity index (χ2v) is 6.89. The van der Waals surface area contributed by atoms with Gasteiger partial charge in [-0.2, -0.15) is 0 Å². The van der Waals surface area contributed by atoms with Crippen molar-refractivity contribution in [1.82, 2.24) is 5.32 Å². The van der Waals surface area contributed by atoms with Gasteiger partial charge in [-0.05, 0) is 46.0 Å². The monoisotopic (exact) mass is 295 g/mol. The highest BCUT2D eigenvalue weighted by Crippen LogP contribution is 2.20. The van der Waals surface area contributed by atoms with Crippen LogP contribution in [0.3, 0.4) is 0 Å². The summed E-state index contributed by atoms with van der Waals surface area (Å²) in [5, 5.41) is 2.91. The molecule has 0 aromatic heterocycles. The highest BCUT2D eigenvalue weighted by atomic mass is 16.6. The Balaban J connectivity index is 2.71. The van der Waals surface area contributed by atoms with Crippen molar-refractivity contribution in [3.05, 3.63) is 12.2 Å². The largest absolute Gasteiger partial charge is 0.458 e. The fourth-order valence-corrected chi connectivity index (χ4v) is 2.34. The Bertz CT molecular complexity index is 395. The van der Waals surface area contributed by atoms with Crippen LogP contribution < -0.4 is 5.32 Å². The standard InChI is InChI=1S/C17H29NO3/c1-6-12(2)14(16(20)21-17(3,4)5)18-15(19)13-10-8-7-9-11-13/h7-8,12-14H,6,9-11H2,1-5H3,(H,18,19)/t12-,13?,14-/m0/s1. The summed E-state index contributed by atoms with van der Waals surface area (Å²) in [6, 6.07) is -0.562. The van der Waals surface area contributed by atoms with E-state index in [2.05, 4.69) is 11.4 Å². The molecule has 0 saturated carbocycles. The molecule has 0 spiro atoms. The van der Waals surface area contributed by atoms with Crippen LogP contribution in [-0.4, -0.2) is 23.5 Å². The van der Waals surface area contributed by atoms with Gasteiger partial charge in [0.2, 0.25) is 5.91 Å². The Morgan fingerprint density at radius 2 is 2.00 bits per heavy atom. The molecule has 4 heteroatoms. The van der Waals surface area contributed by atoms with E-state index in [0.717, 1.165) is 25.7 Å². The number of carbonyl (C=O) groups is 2. The van der Waals surface area contributed by atoms with Gasteiger partial charge in [0, 0.05) is 5.92 Å². The number of hydrogen-bond acceptors (Lipinski definition) is 3. The minimum absolute atomic E-state index is 0.0241. The van der Waals surface area contributed by atoms with Crippen LogP contribution in [0, 0.1) is 11.8 Å². The predicted octanol–water partition coefficient (Wildman–Crippen LogP) is 3.22. The van der Waals surface area contributed by atoms with Gasteiger partial charge in [-0.25, -0.2) is 4.79 Å². The fourth-order valence-electron chi connectivity index (χ4n) is 2.34. The first-order chi connectivity index (χ1) is 9.74. The lowest BCUT2D eigenvalue weighted by molar-refractivity contribution is -0.160. The molecule has 0 heterocycles. The SMILES string of the molecule is CC[C@H](C)[C@H](NC(=O)C1CC=CCC1)C(=O)OC(C)(C)C. The molecule has 0 radical (unpaired) electrons. The molecule has 0 bridgehead atoms. The lowest BCUT2D eigenvalue weighted by atomic mass is 9.92. The van der Waals surface area contributed by atoms with Crippen molar-refractivity contribution in [2.24, 2.45) is 11.8 Å². The Morgan fingerprint density at radius 1 is 1.33 bits per heavy atom. The number of carbonyl (C=O) groups excluding carboxylic acids is 2. The lowest BCUT2D eigenvalue weighted by Crippen LogP contribution is -2.49. The molecular formula is C17H29NO3. The van der Waals surface area contributed by atoms with E-state index in [9.17, 15) is 9.59 Å². The summed E-state index contributed by atoms with van der Waals surface area (Å²) in [6.45, 7) is 9.50. The van der Waals surface area contributed by atoms with Crippen molar-refractivity contribution in [3.63, 3.8) is 0 Å². The Hall–Kier alpha value is -1.32. The lowest BCUT2D eigenvalue weighted by Gasteiger charge is -2.29. The molecule has 21 heavy (non-hydrogen) atoms. The number of hydrogen-bond donors (Lipinski definition) is 1. The van der Waals surface area contributed by atoms with Crippen molar-refractivity contribution in [1.29, 1.82) is 0 Å². The first-order valence-electron chi connectivity index (χ1n) is 7.92. The molecule has 0 saturated heterocycles. The van der Waals surface area contributed by atoms with Gasteiger partial charge in [0.05, 0.1) is 0 Å². The first-order valence-corrected chi connectivity index (χ1v) is 7.92. The zero-order valence-electron chi connectivity index (χ0n) is 13.9. The van der Waals surface area contributed by atoms with E-state index >= 15 is 0 Å². The molecule has 0 aromatic carbocycles. The maximum Gasteiger partial charge on any atom is 0.329 e. The van der Waals surface area contributed by atoms with Crippen LogP contribution in [0.5, 0.6) is 0 Å². The molecule has 120 valence electrons. The van der Waals surface area contributed by atoms with E-state index in [0.29, 0.717) is 0 Å². The zero-order valence-corrected chi connectivity index (χ0v) is 13.9. The molecule has 1 aliphatic carbocycles. The molecule has 1 rings (SSSR count). The van der Waals surface area contributed by atoms with Crippen molar-refractivity contribution >= 4 is 11.9 Å². The van der Waals surface area contributed by atoms with Crippen molar-refractivity contribution < 1.29 is 14.3 Å². The van der Waals surface area contributed by atoms with Gasteiger partial charge in [0.1, 0.15) is 11.6 Å². The second kappa shape index (κ2) is 7.62. The third-order valence-corrected chi connectivity index (χ3v) is 3.81. The summed E-state index contributed by atoms with van der Waals surface area (Å²) in [4.78, 5) is 24.7. The van der Waals surface area contributed by atoms with Crippen molar-refractivity contribution in [2.75, 3.05) is 0 Å². The molecule has 0 fully saturated rings. The van der Waals surface area contributed by atoms with Crippen LogP contribution in [0.1, 0.15) is 60.3 Å². The van der Waals surface area contributed by atoms with Crippen LogP contribution >= 0.6 is 0 Å². The summed E-state index contributed by atoms with van der Waals surface area (Å²) < 4.78 is 5.44. The van der Waals surface area contributed by atoms with Gasteiger partial charge in [-0.1, -0.05) is 32.4 Å². The minimum atomic E-state index is -0.562. The third-order valence-electron chi connectivity index (χ3n) is 3.81. The number of amides is 1. The number of esters is 1. The zero-order chi connectivity index (χ0) is 16.0. The summed E-state index contributed by atoms with van der Waals surface area (Å²) >= 11 is 0. The van der Waals surface area contributed by atoms with E-state index in [4.69, 9.17) is 4.74 Å². The van der Waals surface area contributed by atoms with E-state index < -0.39 is 11.6 Å². The second-order valence-electron chi connectivity index (χ2n) is 6.89. The van der Waals surface area contributed by atoms with Crippen LogP contribution in [0.4, 0.5) is 0 Å². The smallest absolute Gasteiger partial charge is 0.329 e. The highest BCUT2D eigenvalue weighted by Gasteiger charge is 2.32. The molecule has 0 aromatic rings. The van der Waals surface area contributed by atoms with Gasteiger partial charge in [-0.3, -0.25) is 4.79 Å². The van der Waals surface area contributed by atoms with E-state index in [1.54, 1.807) is 0 Å². The van der Waals surface area contributed by atoms with Crippen LogP contribution in [0.2, 0.25) is 0 Å². The maximum atomic E-state index is 12.3. The quantitative estimate of drug-likeness (QED) is 0.626. The first kappa shape index (κ1) is 17.7. The normalized spacial score (nSPS) is 21.5. The van der Waals surface area contributed by atoms with Gasteiger partial charge in [0.25, 0.3) is 0 Å². The summed E-state index contributed by atoms with van der Waals surface area (Å²) in [5.41, 5.74) is -0.541. The van der Waals surface area contributed by atoms with Crippen LogP contribution in [0.15, 0.2) is 12.2 Å². The van der Waals surface area contributed by atoms with Crippen LogP contribution in [0.25, 0.3) is 0 Å². The Morgan fingerprint density at radius 3 is 2.48 bits per heavy atom. The molecule has 1 aliphatic rings. The molecule has 0 aliphatic heterocycles. The van der Waals surface area contributed by atoms with Crippen molar-refractivity contribution in [3.8, 4) is 0 Å². The average Bonchev–Trinajstić information content (AvgIpc) is 2.42. The Labute approximate surface area is 128 Å². The van der Waals surface area contributed by atoms with Gasteiger partial charge in [0.15, 0.2) is 0 Å². The summed E-state index contributed by atoms with van der Waals surface area (Å²) in [6.07, 6.45) is 7.49. The summed E-state index contributed by atoms with van der Waals surface area (Å²) in [7, 11) is 0. The molecule has 3 atom stereocenters. The number of rotatable bonds is 5. The molecule has 1 amide bonds. The fraction of sp³-hybridized carbons (Fsp3) is 0.765. The van der Waals surface area contributed by atoms with Gasteiger partial charge < -0.3 is 10.1 Å². The number of ether oxygens (including phenoxy) is 1.